The third-order valence-corrected chi connectivity index (χ3v) is 5.09. The third-order valence-electron chi connectivity index (χ3n) is 4.09. The first-order chi connectivity index (χ1) is 10.1. The molecule has 1 heterocycles. The fraction of sp³-hybridized carbons (Fsp3) is 0.412. The SMILES string of the molecule is CC1CC1CN(C)c1nc(CC(=O)c2ccccc2)cs1. The van der Waals surface area contributed by atoms with Crippen LogP contribution in [0.2, 0.25) is 0 Å². The Morgan fingerprint density at radius 1 is 1.38 bits per heavy atom. The molecule has 0 saturated heterocycles. The van der Waals surface area contributed by atoms with Crippen molar-refractivity contribution >= 4 is 22.3 Å². The van der Waals surface area contributed by atoms with Crippen LogP contribution in [0.25, 0.3) is 0 Å². The van der Waals surface area contributed by atoms with Crippen LogP contribution < -0.4 is 4.90 Å². The quantitative estimate of drug-likeness (QED) is 0.763. The lowest BCUT2D eigenvalue weighted by Gasteiger charge is -2.14. The van der Waals surface area contributed by atoms with Crippen molar-refractivity contribution in [1.82, 2.24) is 4.98 Å². The molecule has 3 rings (SSSR count). The van der Waals surface area contributed by atoms with Gasteiger partial charge in [-0.1, -0.05) is 37.3 Å². The van der Waals surface area contributed by atoms with Gasteiger partial charge in [0.2, 0.25) is 0 Å². The number of carbonyl (C=O) groups is 1. The summed E-state index contributed by atoms with van der Waals surface area (Å²) in [7, 11) is 2.09. The molecular weight excluding hydrogens is 280 g/mol. The zero-order valence-corrected chi connectivity index (χ0v) is 13.3. The minimum Gasteiger partial charge on any atom is -0.351 e. The molecular formula is C17H20N2OS. The molecule has 0 bridgehead atoms. The lowest BCUT2D eigenvalue weighted by atomic mass is 10.1. The van der Waals surface area contributed by atoms with Gasteiger partial charge in [0.05, 0.1) is 12.1 Å². The number of hydrogen-bond donors (Lipinski definition) is 0. The van der Waals surface area contributed by atoms with E-state index in [0.29, 0.717) is 6.42 Å². The van der Waals surface area contributed by atoms with Crippen LogP contribution in [0, 0.1) is 11.8 Å². The molecule has 21 heavy (non-hydrogen) atoms. The number of Topliss-reactive ketones (excluding diaryl/α,β-unsaturated/α-hetero) is 1. The molecule has 1 aliphatic rings. The fourth-order valence-electron chi connectivity index (χ4n) is 2.53. The number of nitrogens with zero attached hydrogens (tertiary/aromatic N) is 2. The second-order valence-electron chi connectivity index (χ2n) is 5.94. The van der Waals surface area contributed by atoms with E-state index in [4.69, 9.17) is 0 Å². The highest BCUT2D eigenvalue weighted by Gasteiger charge is 2.33. The molecule has 1 saturated carbocycles. The fourth-order valence-corrected chi connectivity index (χ4v) is 3.33. The number of aromatic nitrogens is 1. The van der Waals surface area contributed by atoms with Crippen LogP contribution in [0.3, 0.4) is 0 Å². The molecule has 1 aromatic carbocycles. The van der Waals surface area contributed by atoms with Crippen molar-refractivity contribution in [2.24, 2.45) is 11.8 Å². The van der Waals surface area contributed by atoms with Gasteiger partial charge >= 0.3 is 0 Å². The molecule has 2 unspecified atom stereocenters. The highest BCUT2D eigenvalue weighted by molar-refractivity contribution is 7.13. The molecule has 110 valence electrons. The molecule has 0 N–H and O–H groups in total. The zero-order chi connectivity index (χ0) is 14.8. The predicted octanol–water partition coefficient (Wildman–Crippen LogP) is 3.66. The number of thiazole rings is 1. The van der Waals surface area contributed by atoms with Gasteiger partial charge in [-0.2, -0.15) is 0 Å². The van der Waals surface area contributed by atoms with E-state index in [1.54, 1.807) is 11.3 Å². The Bertz CT molecular complexity index is 623. The third kappa shape index (κ3) is 3.50. The van der Waals surface area contributed by atoms with Crippen molar-refractivity contribution in [3.8, 4) is 0 Å². The molecule has 0 spiro atoms. The number of carbonyl (C=O) groups excluding carboxylic acids is 1. The minimum absolute atomic E-state index is 0.130. The predicted molar refractivity (Wildman–Crippen MR) is 87.1 cm³/mol. The Hall–Kier alpha value is -1.68. The molecule has 0 aliphatic heterocycles. The molecule has 2 aromatic rings. The van der Waals surface area contributed by atoms with Crippen LogP contribution >= 0.6 is 11.3 Å². The second kappa shape index (κ2) is 5.98. The maximum Gasteiger partial charge on any atom is 0.185 e. The number of anilines is 1. The van der Waals surface area contributed by atoms with Gasteiger partial charge in [-0.15, -0.1) is 11.3 Å². The van der Waals surface area contributed by atoms with Crippen molar-refractivity contribution in [2.75, 3.05) is 18.5 Å². The molecule has 1 aliphatic carbocycles. The van der Waals surface area contributed by atoms with E-state index in [-0.39, 0.29) is 5.78 Å². The number of benzene rings is 1. The van der Waals surface area contributed by atoms with Crippen LogP contribution in [0.15, 0.2) is 35.7 Å². The van der Waals surface area contributed by atoms with Gasteiger partial charge in [-0.3, -0.25) is 4.79 Å². The first kappa shape index (κ1) is 14.3. The van der Waals surface area contributed by atoms with Crippen molar-refractivity contribution < 1.29 is 4.79 Å². The van der Waals surface area contributed by atoms with Crippen molar-refractivity contribution in [2.45, 2.75) is 19.8 Å². The summed E-state index contributed by atoms with van der Waals surface area (Å²) < 4.78 is 0. The Kier molecular flexibility index (Phi) is 4.06. The summed E-state index contributed by atoms with van der Waals surface area (Å²) in [6, 6.07) is 9.42. The van der Waals surface area contributed by atoms with E-state index in [9.17, 15) is 4.79 Å². The second-order valence-corrected chi connectivity index (χ2v) is 6.78. The van der Waals surface area contributed by atoms with Crippen molar-refractivity contribution in [3.63, 3.8) is 0 Å². The topological polar surface area (TPSA) is 33.2 Å². The zero-order valence-electron chi connectivity index (χ0n) is 12.5. The number of hydrogen-bond acceptors (Lipinski definition) is 4. The lowest BCUT2D eigenvalue weighted by molar-refractivity contribution is 0.0992. The molecule has 0 radical (unpaired) electrons. The maximum atomic E-state index is 12.2. The van der Waals surface area contributed by atoms with Crippen LogP contribution in [-0.4, -0.2) is 24.4 Å². The molecule has 4 heteroatoms. The minimum atomic E-state index is 0.130. The van der Waals surface area contributed by atoms with Gasteiger partial charge < -0.3 is 4.90 Å². The van der Waals surface area contributed by atoms with Gasteiger partial charge in [0, 0.05) is 24.5 Å². The maximum absolute atomic E-state index is 12.2. The number of ketones is 1. The highest BCUT2D eigenvalue weighted by atomic mass is 32.1. The summed E-state index contributed by atoms with van der Waals surface area (Å²) in [5, 5.41) is 3.02. The van der Waals surface area contributed by atoms with Crippen molar-refractivity contribution in [3.05, 3.63) is 47.0 Å². The summed E-state index contributed by atoms with van der Waals surface area (Å²) in [5.41, 5.74) is 1.63. The Labute approximate surface area is 129 Å². The largest absolute Gasteiger partial charge is 0.351 e. The number of rotatable bonds is 6. The van der Waals surface area contributed by atoms with E-state index in [0.717, 1.165) is 34.8 Å². The normalized spacial score (nSPS) is 20.3. The summed E-state index contributed by atoms with van der Waals surface area (Å²) in [6.45, 7) is 3.37. The van der Waals surface area contributed by atoms with Crippen LogP contribution in [0.1, 0.15) is 29.4 Å². The van der Waals surface area contributed by atoms with E-state index < -0.39 is 0 Å². The Morgan fingerprint density at radius 3 is 2.76 bits per heavy atom. The van der Waals surface area contributed by atoms with Crippen LogP contribution in [-0.2, 0) is 6.42 Å². The highest BCUT2D eigenvalue weighted by Crippen LogP contribution is 2.39. The molecule has 3 nitrogen and oxygen atoms in total. The Balaban J connectivity index is 1.61. The Morgan fingerprint density at radius 2 is 2.10 bits per heavy atom. The first-order valence-corrected chi connectivity index (χ1v) is 8.25. The van der Waals surface area contributed by atoms with E-state index in [1.807, 2.05) is 35.7 Å². The van der Waals surface area contributed by atoms with E-state index in [2.05, 4.69) is 23.9 Å². The summed E-state index contributed by atoms with van der Waals surface area (Å²) in [6.07, 6.45) is 1.71. The van der Waals surface area contributed by atoms with Crippen molar-refractivity contribution in [1.29, 1.82) is 0 Å². The van der Waals surface area contributed by atoms with E-state index in [1.165, 1.54) is 6.42 Å². The summed E-state index contributed by atoms with van der Waals surface area (Å²) in [5.74, 6) is 1.80. The molecule has 1 fully saturated rings. The monoisotopic (exact) mass is 300 g/mol. The first-order valence-electron chi connectivity index (χ1n) is 7.37. The average molecular weight is 300 g/mol. The van der Waals surface area contributed by atoms with Crippen LogP contribution in [0.4, 0.5) is 5.13 Å². The van der Waals surface area contributed by atoms with Gasteiger partial charge in [0.25, 0.3) is 0 Å². The molecule has 0 amide bonds. The average Bonchev–Trinajstić information content (AvgIpc) is 3.00. The lowest BCUT2D eigenvalue weighted by Crippen LogP contribution is -2.20. The van der Waals surface area contributed by atoms with Crippen LogP contribution in [0.5, 0.6) is 0 Å². The van der Waals surface area contributed by atoms with Gasteiger partial charge in [0.1, 0.15) is 0 Å². The van der Waals surface area contributed by atoms with Gasteiger partial charge in [-0.25, -0.2) is 4.98 Å². The molecule has 1 aromatic heterocycles. The van der Waals surface area contributed by atoms with Gasteiger partial charge in [0.15, 0.2) is 10.9 Å². The summed E-state index contributed by atoms with van der Waals surface area (Å²) in [4.78, 5) is 19.0. The van der Waals surface area contributed by atoms with Gasteiger partial charge in [-0.05, 0) is 18.3 Å². The standard InChI is InChI=1S/C17H20N2OS/c1-12-8-14(12)10-19(2)17-18-15(11-21-17)9-16(20)13-6-4-3-5-7-13/h3-7,11-12,14H,8-10H2,1-2H3. The smallest absolute Gasteiger partial charge is 0.185 e. The summed E-state index contributed by atoms with van der Waals surface area (Å²) >= 11 is 1.63. The van der Waals surface area contributed by atoms with E-state index >= 15 is 0 Å². The molecule has 2 atom stereocenters.